The van der Waals surface area contributed by atoms with Crippen molar-refractivity contribution in [2.24, 2.45) is 11.8 Å². The van der Waals surface area contributed by atoms with Gasteiger partial charge >= 0.3 is 0 Å². The van der Waals surface area contributed by atoms with Crippen LogP contribution in [0.4, 0.5) is 0 Å². The Morgan fingerprint density at radius 1 is 1.20 bits per heavy atom. The first-order valence-corrected chi connectivity index (χ1v) is 8.99. The van der Waals surface area contributed by atoms with Crippen LogP contribution in [0, 0.1) is 11.8 Å². The van der Waals surface area contributed by atoms with Gasteiger partial charge in [-0.1, -0.05) is 26.7 Å². The fourth-order valence-corrected chi connectivity index (χ4v) is 3.31. The van der Waals surface area contributed by atoms with E-state index in [1.807, 2.05) is 0 Å². The molecule has 1 N–H and O–H groups in total. The molecule has 4 atom stereocenters. The number of benzene rings is 1. The van der Waals surface area contributed by atoms with Crippen molar-refractivity contribution in [3.63, 3.8) is 0 Å². The first-order valence-electron chi connectivity index (χ1n) is 8.99. The first-order chi connectivity index (χ1) is 11.8. The SMILES string of the molecule is COc1cc(C(C)=O)ccc1O[C@H](C)C(=O)N[C@@H]1CCC[C@H](C)[C@H]1C. The Bertz CT molecular complexity index is 628. The number of carbonyl (C=O) groups is 2. The van der Waals surface area contributed by atoms with Gasteiger partial charge in [-0.2, -0.15) is 0 Å². The standard InChI is InChI=1S/C20H29NO4/c1-12-7-6-8-17(13(12)2)21-20(23)15(4)25-18-10-9-16(14(3)22)11-19(18)24-5/h9-13,15,17H,6-8H2,1-5H3,(H,21,23)/t12-,13+,15+,17+/m0/s1. The summed E-state index contributed by atoms with van der Waals surface area (Å²) in [6.07, 6.45) is 2.74. The van der Waals surface area contributed by atoms with Gasteiger partial charge in [0.1, 0.15) is 0 Å². The van der Waals surface area contributed by atoms with Gasteiger partial charge in [-0.25, -0.2) is 0 Å². The van der Waals surface area contributed by atoms with E-state index in [0.29, 0.717) is 28.9 Å². The average Bonchev–Trinajstić information content (AvgIpc) is 2.58. The van der Waals surface area contributed by atoms with Crippen molar-refractivity contribution in [2.75, 3.05) is 7.11 Å². The predicted molar refractivity (Wildman–Crippen MR) is 97.2 cm³/mol. The highest BCUT2D eigenvalue weighted by atomic mass is 16.5. The van der Waals surface area contributed by atoms with E-state index in [4.69, 9.17) is 9.47 Å². The minimum atomic E-state index is -0.637. The molecule has 138 valence electrons. The molecule has 1 aromatic rings. The smallest absolute Gasteiger partial charge is 0.261 e. The van der Waals surface area contributed by atoms with Crippen molar-refractivity contribution in [1.82, 2.24) is 5.32 Å². The Kier molecular flexibility index (Phi) is 6.45. The van der Waals surface area contributed by atoms with Crippen molar-refractivity contribution in [1.29, 1.82) is 0 Å². The van der Waals surface area contributed by atoms with Gasteiger partial charge in [0.15, 0.2) is 23.4 Å². The van der Waals surface area contributed by atoms with Crippen LogP contribution in [0.1, 0.15) is 57.3 Å². The molecule has 1 saturated carbocycles. The molecule has 5 heteroatoms. The number of Topliss-reactive ketones (excluding diaryl/α,β-unsaturated/α-hetero) is 1. The maximum absolute atomic E-state index is 12.5. The lowest BCUT2D eigenvalue weighted by Crippen LogP contribution is -2.48. The fraction of sp³-hybridized carbons (Fsp3) is 0.600. The van der Waals surface area contributed by atoms with E-state index in [2.05, 4.69) is 19.2 Å². The summed E-state index contributed by atoms with van der Waals surface area (Å²) in [5, 5.41) is 3.13. The molecule has 1 aliphatic carbocycles. The Morgan fingerprint density at radius 3 is 2.56 bits per heavy atom. The van der Waals surface area contributed by atoms with Crippen LogP contribution in [0.2, 0.25) is 0 Å². The molecule has 1 aliphatic rings. The number of nitrogens with one attached hydrogen (secondary N) is 1. The second-order valence-electron chi connectivity index (χ2n) is 7.06. The largest absolute Gasteiger partial charge is 0.493 e. The van der Waals surface area contributed by atoms with E-state index in [1.165, 1.54) is 20.5 Å². The minimum Gasteiger partial charge on any atom is -0.493 e. The summed E-state index contributed by atoms with van der Waals surface area (Å²) in [5.41, 5.74) is 0.548. The highest BCUT2D eigenvalue weighted by molar-refractivity contribution is 5.94. The monoisotopic (exact) mass is 347 g/mol. The Hall–Kier alpha value is -2.04. The van der Waals surface area contributed by atoms with Gasteiger partial charge in [0.25, 0.3) is 5.91 Å². The van der Waals surface area contributed by atoms with Crippen molar-refractivity contribution in [2.45, 2.75) is 59.1 Å². The molecule has 0 saturated heterocycles. The summed E-state index contributed by atoms with van der Waals surface area (Å²) in [6, 6.07) is 5.18. The molecule has 0 aliphatic heterocycles. The van der Waals surface area contributed by atoms with Crippen LogP contribution in [-0.2, 0) is 4.79 Å². The Morgan fingerprint density at radius 2 is 1.92 bits per heavy atom. The third kappa shape index (κ3) is 4.74. The number of ether oxygens (including phenoxy) is 2. The topological polar surface area (TPSA) is 64.6 Å². The second kappa shape index (κ2) is 8.37. The summed E-state index contributed by atoms with van der Waals surface area (Å²) in [7, 11) is 1.52. The van der Waals surface area contributed by atoms with E-state index < -0.39 is 6.10 Å². The van der Waals surface area contributed by atoms with Gasteiger partial charge in [-0.05, 0) is 50.3 Å². The number of rotatable bonds is 6. The number of methoxy groups -OCH3 is 1. The molecule has 0 heterocycles. The molecule has 1 amide bonds. The first kappa shape index (κ1) is 19.3. The Labute approximate surface area is 150 Å². The molecule has 2 rings (SSSR count). The van der Waals surface area contributed by atoms with Crippen LogP contribution < -0.4 is 14.8 Å². The van der Waals surface area contributed by atoms with Gasteiger partial charge in [0, 0.05) is 11.6 Å². The summed E-state index contributed by atoms with van der Waals surface area (Å²) in [4.78, 5) is 24.0. The summed E-state index contributed by atoms with van der Waals surface area (Å²) >= 11 is 0. The molecule has 0 radical (unpaired) electrons. The summed E-state index contributed by atoms with van der Waals surface area (Å²) < 4.78 is 11.1. The Balaban J connectivity index is 2.02. The van der Waals surface area contributed by atoms with Gasteiger partial charge in [0.05, 0.1) is 7.11 Å². The second-order valence-corrected chi connectivity index (χ2v) is 7.06. The average molecular weight is 347 g/mol. The molecule has 0 bridgehead atoms. The van der Waals surface area contributed by atoms with E-state index in [-0.39, 0.29) is 17.7 Å². The number of hydrogen-bond acceptors (Lipinski definition) is 4. The normalized spacial score (nSPS) is 24.3. The molecule has 1 aromatic carbocycles. The maximum atomic E-state index is 12.5. The lowest BCUT2D eigenvalue weighted by atomic mass is 9.78. The number of carbonyl (C=O) groups excluding carboxylic acids is 2. The molecular weight excluding hydrogens is 318 g/mol. The van der Waals surface area contributed by atoms with Gasteiger partial charge < -0.3 is 14.8 Å². The molecule has 5 nitrogen and oxygen atoms in total. The third-order valence-corrected chi connectivity index (χ3v) is 5.28. The third-order valence-electron chi connectivity index (χ3n) is 5.28. The fourth-order valence-electron chi connectivity index (χ4n) is 3.31. The zero-order valence-corrected chi connectivity index (χ0v) is 15.8. The quantitative estimate of drug-likeness (QED) is 0.799. The van der Waals surface area contributed by atoms with Crippen LogP contribution in [0.15, 0.2) is 18.2 Å². The minimum absolute atomic E-state index is 0.0453. The maximum Gasteiger partial charge on any atom is 0.261 e. The number of ketones is 1. The summed E-state index contributed by atoms with van der Waals surface area (Å²) in [5.74, 6) is 1.83. The molecule has 0 unspecified atom stereocenters. The van der Waals surface area contributed by atoms with E-state index in [0.717, 1.165) is 12.8 Å². The van der Waals surface area contributed by atoms with E-state index >= 15 is 0 Å². The highest BCUT2D eigenvalue weighted by Gasteiger charge is 2.29. The molecular formula is C20H29NO4. The molecule has 25 heavy (non-hydrogen) atoms. The van der Waals surface area contributed by atoms with Crippen molar-refractivity contribution in [3.05, 3.63) is 23.8 Å². The van der Waals surface area contributed by atoms with Gasteiger partial charge in [0.2, 0.25) is 0 Å². The molecule has 1 fully saturated rings. The number of amides is 1. The molecule has 0 spiro atoms. The molecule has 0 aromatic heterocycles. The zero-order valence-electron chi connectivity index (χ0n) is 15.8. The summed E-state index contributed by atoms with van der Waals surface area (Å²) in [6.45, 7) is 7.66. The van der Waals surface area contributed by atoms with Crippen LogP contribution in [0.3, 0.4) is 0 Å². The lowest BCUT2D eigenvalue weighted by Gasteiger charge is -2.35. The van der Waals surface area contributed by atoms with Crippen LogP contribution in [0.25, 0.3) is 0 Å². The van der Waals surface area contributed by atoms with Crippen LogP contribution in [-0.4, -0.2) is 30.9 Å². The van der Waals surface area contributed by atoms with Crippen LogP contribution in [0.5, 0.6) is 11.5 Å². The zero-order chi connectivity index (χ0) is 18.6. The van der Waals surface area contributed by atoms with E-state index in [1.54, 1.807) is 25.1 Å². The number of hydrogen-bond donors (Lipinski definition) is 1. The van der Waals surface area contributed by atoms with Gasteiger partial charge in [-0.15, -0.1) is 0 Å². The lowest BCUT2D eigenvalue weighted by molar-refractivity contribution is -0.128. The van der Waals surface area contributed by atoms with Crippen LogP contribution >= 0.6 is 0 Å². The van der Waals surface area contributed by atoms with Crippen molar-refractivity contribution in [3.8, 4) is 11.5 Å². The van der Waals surface area contributed by atoms with Crippen molar-refractivity contribution >= 4 is 11.7 Å². The highest BCUT2D eigenvalue weighted by Crippen LogP contribution is 2.31. The predicted octanol–water partition coefficient (Wildman–Crippen LogP) is 3.61. The van der Waals surface area contributed by atoms with E-state index in [9.17, 15) is 9.59 Å². The van der Waals surface area contributed by atoms with Gasteiger partial charge in [-0.3, -0.25) is 9.59 Å². The van der Waals surface area contributed by atoms with Crippen molar-refractivity contribution < 1.29 is 19.1 Å².